The van der Waals surface area contributed by atoms with Crippen molar-refractivity contribution < 1.29 is 9.53 Å². The molecule has 1 aromatic rings. The number of carbonyl (C=O) groups excluding carboxylic acids is 1. The van der Waals surface area contributed by atoms with Crippen molar-refractivity contribution in [3.63, 3.8) is 0 Å². The molecule has 1 aromatic carbocycles. The smallest absolute Gasteiger partial charge is 0.221 e. The van der Waals surface area contributed by atoms with Gasteiger partial charge in [-0.25, -0.2) is 0 Å². The number of hydrogen-bond acceptors (Lipinski definition) is 3. The predicted molar refractivity (Wildman–Crippen MR) is 82.1 cm³/mol. The summed E-state index contributed by atoms with van der Waals surface area (Å²) in [6.45, 7) is 2.32. The van der Waals surface area contributed by atoms with E-state index in [1.807, 2.05) is 31.2 Å². The molecule has 3 N–H and O–H groups in total. The average molecular weight is 299 g/mol. The van der Waals surface area contributed by atoms with Crippen LogP contribution in [0.3, 0.4) is 0 Å². The summed E-state index contributed by atoms with van der Waals surface area (Å²) in [6.07, 6.45) is 4.21. The fourth-order valence-electron chi connectivity index (χ4n) is 1.99. The SMILES string of the molecule is CC(N)CC(=O)NCc1ccccc1OC1CCC1.Cl. The lowest BCUT2D eigenvalue weighted by atomic mass is 9.96. The number of amides is 1. The third kappa shape index (κ3) is 5.02. The maximum absolute atomic E-state index is 11.6. The van der Waals surface area contributed by atoms with Gasteiger partial charge in [-0.05, 0) is 32.3 Å². The zero-order chi connectivity index (χ0) is 13.7. The quantitative estimate of drug-likeness (QED) is 0.847. The summed E-state index contributed by atoms with van der Waals surface area (Å²) >= 11 is 0. The Kier molecular flexibility index (Phi) is 6.82. The van der Waals surface area contributed by atoms with Crippen LogP contribution in [0.4, 0.5) is 0 Å². The maximum Gasteiger partial charge on any atom is 0.221 e. The minimum absolute atomic E-state index is 0. The summed E-state index contributed by atoms with van der Waals surface area (Å²) in [4.78, 5) is 11.6. The van der Waals surface area contributed by atoms with E-state index in [-0.39, 0.29) is 24.4 Å². The molecule has 1 aliphatic carbocycles. The molecule has 20 heavy (non-hydrogen) atoms. The molecule has 0 heterocycles. The number of halogens is 1. The van der Waals surface area contributed by atoms with Crippen molar-refractivity contribution in [1.29, 1.82) is 0 Å². The van der Waals surface area contributed by atoms with E-state index in [2.05, 4.69) is 5.32 Å². The molecular formula is C15H23ClN2O2. The van der Waals surface area contributed by atoms with Crippen LogP contribution in [-0.4, -0.2) is 18.1 Å². The molecule has 4 nitrogen and oxygen atoms in total. The van der Waals surface area contributed by atoms with Crippen LogP contribution < -0.4 is 15.8 Å². The number of ether oxygens (including phenoxy) is 1. The molecule has 2 rings (SSSR count). The van der Waals surface area contributed by atoms with Crippen LogP contribution in [0.1, 0.15) is 38.2 Å². The van der Waals surface area contributed by atoms with Gasteiger partial charge < -0.3 is 15.8 Å². The van der Waals surface area contributed by atoms with Crippen molar-refractivity contribution in [2.75, 3.05) is 0 Å². The van der Waals surface area contributed by atoms with Gasteiger partial charge in [0.05, 0.1) is 6.10 Å². The molecule has 0 radical (unpaired) electrons. The van der Waals surface area contributed by atoms with E-state index in [0.717, 1.165) is 24.2 Å². The van der Waals surface area contributed by atoms with Crippen LogP contribution in [0.25, 0.3) is 0 Å². The van der Waals surface area contributed by atoms with E-state index in [9.17, 15) is 4.79 Å². The first-order valence-electron chi connectivity index (χ1n) is 6.92. The number of nitrogens with one attached hydrogen (secondary N) is 1. The minimum Gasteiger partial charge on any atom is -0.490 e. The summed E-state index contributed by atoms with van der Waals surface area (Å²) in [7, 11) is 0. The van der Waals surface area contributed by atoms with Crippen molar-refractivity contribution in [3.8, 4) is 5.75 Å². The first-order valence-corrected chi connectivity index (χ1v) is 6.92. The Bertz CT molecular complexity index is 434. The van der Waals surface area contributed by atoms with E-state index in [4.69, 9.17) is 10.5 Å². The number of nitrogens with two attached hydrogens (primary N) is 1. The summed E-state index contributed by atoms with van der Waals surface area (Å²) in [6, 6.07) is 7.76. The second kappa shape index (κ2) is 8.12. The van der Waals surface area contributed by atoms with Crippen LogP contribution in [-0.2, 0) is 11.3 Å². The molecule has 1 unspecified atom stereocenters. The molecule has 0 aliphatic heterocycles. The summed E-state index contributed by atoms with van der Waals surface area (Å²) in [5.74, 6) is 0.863. The second-order valence-electron chi connectivity index (χ2n) is 5.24. The van der Waals surface area contributed by atoms with Crippen LogP contribution in [0.15, 0.2) is 24.3 Å². The molecule has 1 fully saturated rings. The highest BCUT2D eigenvalue weighted by atomic mass is 35.5. The number of carbonyl (C=O) groups is 1. The molecule has 1 aliphatic rings. The van der Waals surface area contributed by atoms with E-state index in [0.29, 0.717) is 19.1 Å². The van der Waals surface area contributed by atoms with Crippen LogP contribution in [0, 0.1) is 0 Å². The summed E-state index contributed by atoms with van der Waals surface area (Å²) < 4.78 is 5.92. The van der Waals surface area contributed by atoms with Gasteiger partial charge in [0.1, 0.15) is 5.75 Å². The molecule has 0 spiro atoms. The fourth-order valence-corrected chi connectivity index (χ4v) is 1.99. The molecule has 0 saturated heterocycles. The van der Waals surface area contributed by atoms with E-state index < -0.39 is 0 Å². The zero-order valence-corrected chi connectivity index (χ0v) is 12.6. The second-order valence-corrected chi connectivity index (χ2v) is 5.24. The minimum atomic E-state index is -0.110. The van der Waals surface area contributed by atoms with E-state index in [1.54, 1.807) is 0 Å². The Balaban J connectivity index is 0.00000200. The average Bonchev–Trinajstić information content (AvgIpc) is 2.31. The Labute approximate surface area is 126 Å². The molecule has 1 amide bonds. The van der Waals surface area contributed by atoms with Gasteiger partial charge in [-0.1, -0.05) is 18.2 Å². The highest BCUT2D eigenvalue weighted by Gasteiger charge is 2.20. The molecule has 0 bridgehead atoms. The lowest BCUT2D eigenvalue weighted by Crippen LogP contribution is -2.30. The van der Waals surface area contributed by atoms with Crippen molar-refractivity contribution in [2.24, 2.45) is 5.73 Å². The van der Waals surface area contributed by atoms with Gasteiger partial charge >= 0.3 is 0 Å². The van der Waals surface area contributed by atoms with Gasteiger partial charge in [0.25, 0.3) is 0 Å². The topological polar surface area (TPSA) is 64.4 Å². The zero-order valence-electron chi connectivity index (χ0n) is 11.8. The molecule has 112 valence electrons. The monoisotopic (exact) mass is 298 g/mol. The van der Waals surface area contributed by atoms with Gasteiger partial charge in [0, 0.05) is 24.6 Å². The van der Waals surface area contributed by atoms with Gasteiger partial charge in [0.15, 0.2) is 0 Å². The van der Waals surface area contributed by atoms with Gasteiger partial charge in [-0.3, -0.25) is 4.79 Å². The van der Waals surface area contributed by atoms with Crippen LogP contribution >= 0.6 is 12.4 Å². The van der Waals surface area contributed by atoms with Crippen molar-refractivity contribution in [2.45, 2.75) is 51.3 Å². The maximum atomic E-state index is 11.6. The van der Waals surface area contributed by atoms with Crippen LogP contribution in [0.2, 0.25) is 0 Å². The third-order valence-corrected chi connectivity index (χ3v) is 3.30. The van der Waals surface area contributed by atoms with Crippen molar-refractivity contribution in [1.82, 2.24) is 5.32 Å². The molecular weight excluding hydrogens is 276 g/mol. The van der Waals surface area contributed by atoms with Gasteiger partial charge in [-0.2, -0.15) is 0 Å². The van der Waals surface area contributed by atoms with Crippen molar-refractivity contribution in [3.05, 3.63) is 29.8 Å². The highest BCUT2D eigenvalue weighted by molar-refractivity contribution is 5.85. The normalized spacial score (nSPS) is 15.7. The van der Waals surface area contributed by atoms with Gasteiger partial charge in [-0.15, -0.1) is 12.4 Å². The fraction of sp³-hybridized carbons (Fsp3) is 0.533. The lowest BCUT2D eigenvalue weighted by molar-refractivity contribution is -0.121. The summed E-state index contributed by atoms with van der Waals surface area (Å²) in [5, 5.41) is 2.88. The third-order valence-electron chi connectivity index (χ3n) is 3.30. The van der Waals surface area contributed by atoms with E-state index >= 15 is 0 Å². The Hall–Kier alpha value is -1.26. The number of rotatable bonds is 6. The first kappa shape index (κ1) is 16.8. The molecule has 1 saturated carbocycles. The van der Waals surface area contributed by atoms with Gasteiger partial charge in [0.2, 0.25) is 5.91 Å². The standard InChI is InChI=1S/C15H22N2O2.ClH/c1-11(16)9-15(18)17-10-12-5-2-3-8-14(12)19-13-6-4-7-13;/h2-3,5,8,11,13H,4,6-7,9-10,16H2,1H3,(H,17,18);1H. The number of para-hydroxylation sites is 1. The van der Waals surface area contributed by atoms with Crippen LogP contribution in [0.5, 0.6) is 5.75 Å². The predicted octanol–water partition coefficient (Wildman–Crippen LogP) is 2.39. The lowest BCUT2D eigenvalue weighted by Gasteiger charge is -2.27. The van der Waals surface area contributed by atoms with E-state index in [1.165, 1.54) is 6.42 Å². The number of benzene rings is 1. The Morgan fingerprint density at radius 3 is 2.75 bits per heavy atom. The number of hydrogen-bond donors (Lipinski definition) is 2. The molecule has 0 aromatic heterocycles. The largest absolute Gasteiger partial charge is 0.490 e. The Morgan fingerprint density at radius 2 is 2.15 bits per heavy atom. The molecule has 1 atom stereocenters. The Morgan fingerprint density at radius 1 is 1.45 bits per heavy atom. The summed E-state index contributed by atoms with van der Waals surface area (Å²) in [5.41, 5.74) is 6.62. The first-order chi connectivity index (χ1) is 9.15. The molecule has 5 heteroatoms. The highest BCUT2D eigenvalue weighted by Crippen LogP contribution is 2.27. The van der Waals surface area contributed by atoms with Crippen molar-refractivity contribution >= 4 is 18.3 Å².